The van der Waals surface area contributed by atoms with Gasteiger partial charge in [0.05, 0.1) is 0 Å². The first-order valence-corrected chi connectivity index (χ1v) is 6.26. The largest absolute Gasteiger partial charge is 0.465 e. The van der Waals surface area contributed by atoms with Crippen molar-refractivity contribution in [3.63, 3.8) is 0 Å². The second-order valence-corrected chi connectivity index (χ2v) is 4.33. The zero-order valence-electron chi connectivity index (χ0n) is 11.5. The van der Waals surface area contributed by atoms with Gasteiger partial charge in [0.25, 0.3) is 0 Å². The molecule has 0 saturated heterocycles. The van der Waals surface area contributed by atoms with Gasteiger partial charge in [0.2, 0.25) is 5.88 Å². The highest BCUT2D eigenvalue weighted by Crippen LogP contribution is 2.26. The normalized spacial score (nSPS) is 12.8. The van der Waals surface area contributed by atoms with Crippen LogP contribution in [-0.2, 0) is 0 Å². The summed E-state index contributed by atoms with van der Waals surface area (Å²) in [5.41, 5.74) is 0.694. The summed E-state index contributed by atoms with van der Waals surface area (Å²) in [5, 5.41) is 2.78. The van der Waals surface area contributed by atoms with Crippen molar-refractivity contribution in [1.29, 1.82) is 0 Å². The van der Waals surface area contributed by atoms with Crippen LogP contribution in [0, 0.1) is 0 Å². The van der Waals surface area contributed by atoms with Crippen molar-refractivity contribution in [1.82, 2.24) is 9.97 Å². The van der Waals surface area contributed by atoms with Gasteiger partial charge in [-0.3, -0.25) is 0 Å². The zero-order chi connectivity index (χ0) is 15.5. The van der Waals surface area contributed by atoms with Gasteiger partial charge in [0.1, 0.15) is 5.82 Å². The Morgan fingerprint density at radius 1 is 1.14 bits per heavy atom. The molecule has 1 N–H and O–H groups in total. The number of nitrogens with zero attached hydrogens (tertiary/aromatic N) is 2. The molecule has 112 valence electrons. The Hall–Kier alpha value is -2.31. The first-order chi connectivity index (χ1) is 9.90. The number of nitrogens with one attached hydrogen (secondary N) is 1. The average Bonchev–Trinajstić information content (AvgIpc) is 2.46. The number of alkyl halides is 3. The summed E-state index contributed by atoms with van der Waals surface area (Å²) in [5.74, 6) is 0.554. The van der Waals surface area contributed by atoms with E-state index in [4.69, 9.17) is 4.74 Å². The number of hydrogen-bond acceptors (Lipinski definition) is 4. The Kier molecular flexibility index (Phi) is 4.30. The fourth-order valence-corrected chi connectivity index (χ4v) is 1.58. The molecule has 0 aliphatic heterocycles. The van der Waals surface area contributed by atoms with Gasteiger partial charge >= 0.3 is 6.18 Å². The number of ether oxygens (including phenoxy) is 1. The lowest BCUT2D eigenvalue weighted by atomic mass is 10.2. The minimum atomic E-state index is -4.45. The molecule has 21 heavy (non-hydrogen) atoms. The topological polar surface area (TPSA) is 47.0 Å². The lowest BCUT2D eigenvalue weighted by Crippen LogP contribution is -2.31. The van der Waals surface area contributed by atoms with Gasteiger partial charge in [-0.15, -0.1) is 0 Å². The van der Waals surface area contributed by atoms with E-state index in [9.17, 15) is 13.2 Å². The molecule has 1 heterocycles. The van der Waals surface area contributed by atoms with Gasteiger partial charge in [0.15, 0.2) is 11.9 Å². The molecule has 4 nitrogen and oxygen atoms in total. The molecule has 0 saturated carbocycles. The molecule has 7 heteroatoms. The molecule has 1 unspecified atom stereocenters. The van der Waals surface area contributed by atoms with E-state index in [2.05, 4.69) is 15.3 Å². The van der Waals surface area contributed by atoms with Crippen LogP contribution in [-0.4, -0.2) is 29.3 Å². The molecule has 0 fully saturated rings. The van der Waals surface area contributed by atoms with E-state index in [0.29, 0.717) is 17.2 Å². The maximum absolute atomic E-state index is 12.6. The fourth-order valence-electron chi connectivity index (χ4n) is 1.58. The second-order valence-electron chi connectivity index (χ2n) is 4.33. The number of anilines is 1. The molecule has 1 aromatic heterocycles. The third-order valence-corrected chi connectivity index (χ3v) is 2.75. The number of hydrogen-bond donors (Lipinski definition) is 1. The first kappa shape index (κ1) is 15.1. The minimum Gasteiger partial charge on any atom is -0.465 e. The van der Waals surface area contributed by atoms with E-state index in [0.717, 1.165) is 6.92 Å². The van der Waals surface area contributed by atoms with Gasteiger partial charge in [0, 0.05) is 18.7 Å². The quantitative estimate of drug-likeness (QED) is 0.938. The molecule has 2 aromatic rings. The molecule has 0 spiro atoms. The second kappa shape index (κ2) is 5.99. The van der Waals surface area contributed by atoms with Crippen molar-refractivity contribution < 1.29 is 17.9 Å². The van der Waals surface area contributed by atoms with Gasteiger partial charge in [-0.25, -0.2) is 4.98 Å². The monoisotopic (exact) mass is 297 g/mol. The molecule has 0 aliphatic carbocycles. The summed E-state index contributed by atoms with van der Waals surface area (Å²) in [7, 11) is 1.62. The van der Waals surface area contributed by atoms with Crippen LogP contribution in [0.25, 0.3) is 11.4 Å². The number of halogens is 3. The van der Waals surface area contributed by atoms with Crippen molar-refractivity contribution in [2.24, 2.45) is 0 Å². The fraction of sp³-hybridized carbons (Fsp3) is 0.286. The highest BCUT2D eigenvalue weighted by Gasteiger charge is 2.38. The van der Waals surface area contributed by atoms with Crippen LogP contribution in [0.15, 0.2) is 36.4 Å². The van der Waals surface area contributed by atoms with Gasteiger partial charge < -0.3 is 10.1 Å². The molecular formula is C14H14F3N3O. The van der Waals surface area contributed by atoms with Crippen LogP contribution < -0.4 is 10.1 Å². The van der Waals surface area contributed by atoms with Crippen molar-refractivity contribution >= 4 is 5.82 Å². The Labute approximate surface area is 120 Å². The summed E-state index contributed by atoms with van der Waals surface area (Å²) in [6, 6.07) is 10.3. The number of benzene rings is 1. The standard InChI is InChI=1S/C14H14F3N3O/c1-9(14(15,16)17)21-12-8-11(18-2)19-13(20-12)10-6-4-3-5-7-10/h3-9H,1-2H3,(H,18,19,20). The summed E-state index contributed by atoms with van der Waals surface area (Å²) in [6.07, 6.45) is -6.39. The first-order valence-electron chi connectivity index (χ1n) is 6.26. The highest BCUT2D eigenvalue weighted by atomic mass is 19.4. The predicted molar refractivity (Wildman–Crippen MR) is 73.2 cm³/mol. The van der Waals surface area contributed by atoms with Crippen LogP contribution in [0.2, 0.25) is 0 Å². The minimum absolute atomic E-state index is 0.127. The van der Waals surface area contributed by atoms with E-state index in [-0.39, 0.29) is 5.88 Å². The number of aromatic nitrogens is 2. The Balaban J connectivity index is 2.35. The molecule has 0 aliphatic rings. The average molecular weight is 297 g/mol. The lowest BCUT2D eigenvalue weighted by molar-refractivity contribution is -0.189. The van der Waals surface area contributed by atoms with Crippen molar-refractivity contribution in [3.8, 4) is 17.3 Å². The van der Waals surface area contributed by atoms with E-state index in [1.165, 1.54) is 6.07 Å². The summed E-state index contributed by atoms with van der Waals surface area (Å²) in [4.78, 5) is 8.24. The van der Waals surface area contributed by atoms with Gasteiger partial charge in [-0.2, -0.15) is 18.2 Å². The number of rotatable bonds is 4. The van der Waals surface area contributed by atoms with E-state index >= 15 is 0 Å². The molecule has 1 aromatic carbocycles. The zero-order valence-corrected chi connectivity index (χ0v) is 11.5. The van der Waals surface area contributed by atoms with Crippen LogP contribution >= 0.6 is 0 Å². The molecule has 0 bridgehead atoms. The molecule has 1 atom stereocenters. The van der Waals surface area contributed by atoms with E-state index < -0.39 is 12.3 Å². The van der Waals surface area contributed by atoms with Crippen LogP contribution in [0.4, 0.5) is 19.0 Å². The SMILES string of the molecule is CNc1cc(OC(C)C(F)(F)F)nc(-c2ccccc2)n1. The van der Waals surface area contributed by atoms with E-state index in [1.807, 2.05) is 6.07 Å². The molecule has 0 amide bonds. The molecular weight excluding hydrogens is 283 g/mol. The lowest BCUT2D eigenvalue weighted by Gasteiger charge is -2.17. The maximum Gasteiger partial charge on any atom is 0.425 e. The summed E-state index contributed by atoms with van der Waals surface area (Å²) in [6.45, 7) is 0.934. The Bertz CT molecular complexity index is 602. The van der Waals surface area contributed by atoms with Crippen LogP contribution in [0.1, 0.15) is 6.92 Å². The van der Waals surface area contributed by atoms with Crippen molar-refractivity contribution in [2.45, 2.75) is 19.2 Å². The Morgan fingerprint density at radius 3 is 2.38 bits per heavy atom. The highest BCUT2D eigenvalue weighted by molar-refractivity contribution is 5.58. The van der Waals surface area contributed by atoms with Crippen LogP contribution in [0.3, 0.4) is 0 Å². The summed E-state index contributed by atoms with van der Waals surface area (Å²) < 4.78 is 42.5. The third kappa shape index (κ3) is 3.84. The van der Waals surface area contributed by atoms with Crippen LogP contribution in [0.5, 0.6) is 5.88 Å². The van der Waals surface area contributed by atoms with E-state index in [1.54, 1.807) is 31.3 Å². The van der Waals surface area contributed by atoms with Crippen molar-refractivity contribution in [3.05, 3.63) is 36.4 Å². The van der Waals surface area contributed by atoms with Gasteiger partial charge in [-0.1, -0.05) is 30.3 Å². The smallest absolute Gasteiger partial charge is 0.425 e. The molecule has 0 radical (unpaired) electrons. The maximum atomic E-state index is 12.6. The third-order valence-electron chi connectivity index (χ3n) is 2.75. The Morgan fingerprint density at radius 2 is 1.81 bits per heavy atom. The van der Waals surface area contributed by atoms with Gasteiger partial charge in [-0.05, 0) is 6.92 Å². The molecule has 2 rings (SSSR count). The van der Waals surface area contributed by atoms with Crippen molar-refractivity contribution in [2.75, 3.05) is 12.4 Å². The predicted octanol–water partition coefficient (Wildman–Crippen LogP) is 3.51. The summed E-state index contributed by atoms with van der Waals surface area (Å²) >= 11 is 0.